The van der Waals surface area contributed by atoms with Crippen LogP contribution in [-0.2, 0) is 20.3 Å². The van der Waals surface area contributed by atoms with Crippen molar-refractivity contribution in [3.63, 3.8) is 0 Å². The molecule has 0 aliphatic rings. The minimum atomic E-state index is -4.60. The maximum atomic E-state index is 11.8. The molecule has 0 unspecified atom stereocenters. The highest BCUT2D eigenvalue weighted by Crippen LogP contribution is 2.35. The number of carbonyl (C=O) groups is 1. The van der Waals surface area contributed by atoms with Crippen LogP contribution in [0.25, 0.3) is 0 Å². The second-order valence-corrected chi connectivity index (χ2v) is 7.73. The Hall–Kier alpha value is -1.24. The van der Waals surface area contributed by atoms with E-state index in [0.717, 1.165) is 38.5 Å². The molecule has 26 heavy (non-hydrogen) atoms. The second-order valence-electron chi connectivity index (χ2n) is 6.49. The van der Waals surface area contributed by atoms with Crippen LogP contribution in [-0.4, -0.2) is 40.1 Å². The average Bonchev–Trinajstić information content (AvgIpc) is 2.57. The van der Waals surface area contributed by atoms with Gasteiger partial charge in [0.2, 0.25) is 5.91 Å². The summed E-state index contributed by atoms with van der Waals surface area (Å²) in [7, 11) is -4.60. The summed E-state index contributed by atoms with van der Waals surface area (Å²) in [5.41, 5.74) is 2.64. The van der Waals surface area contributed by atoms with Gasteiger partial charge in [-0.3, -0.25) is 9.32 Å². The van der Waals surface area contributed by atoms with Crippen molar-refractivity contribution in [3.05, 3.63) is 35.4 Å². The summed E-state index contributed by atoms with van der Waals surface area (Å²) < 4.78 is 14.9. The fourth-order valence-electron chi connectivity index (χ4n) is 2.64. The Morgan fingerprint density at radius 2 is 1.88 bits per heavy atom. The van der Waals surface area contributed by atoms with Gasteiger partial charge < -0.3 is 20.2 Å². The predicted molar refractivity (Wildman–Crippen MR) is 99.6 cm³/mol. The first-order valence-electron chi connectivity index (χ1n) is 8.96. The van der Waals surface area contributed by atoms with Gasteiger partial charge in [0.05, 0.1) is 19.3 Å². The molecule has 0 saturated carbocycles. The Balaban J connectivity index is 2.07. The van der Waals surface area contributed by atoms with E-state index in [1.165, 1.54) is 11.1 Å². The average molecular weight is 387 g/mol. The molecule has 1 aromatic carbocycles. The van der Waals surface area contributed by atoms with Crippen molar-refractivity contribution in [2.45, 2.75) is 57.9 Å². The van der Waals surface area contributed by atoms with Gasteiger partial charge in [-0.1, -0.05) is 49.1 Å². The van der Waals surface area contributed by atoms with E-state index >= 15 is 0 Å². The first kappa shape index (κ1) is 22.8. The van der Waals surface area contributed by atoms with Crippen LogP contribution < -0.4 is 5.32 Å². The molecule has 1 aromatic rings. The van der Waals surface area contributed by atoms with E-state index in [-0.39, 0.29) is 5.91 Å². The number of aryl methyl sites for hydroxylation is 2. The number of hydrogen-bond acceptors (Lipinski definition) is 4. The summed E-state index contributed by atoms with van der Waals surface area (Å²) in [6, 6.07) is 7.70. The standard InChI is InChI=1S/C18H30NO6P/c1-15-8-7-10-16(12-15)9-5-3-2-4-6-11-18(21)19-17(13-20)14-25-26(22,23)24/h7-8,10,12,17,20H,2-6,9,11,13-14H2,1H3,(H,19,21)(H2,22,23,24)/t17-/m1/s1. The van der Waals surface area contributed by atoms with E-state index in [9.17, 15) is 9.36 Å². The fourth-order valence-corrected chi connectivity index (χ4v) is 3.01. The Kier molecular flexibility index (Phi) is 10.7. The number of amides is 1. The number of hydrogen-bond donors (Lipinski definition) is 4. The lowest BCUT2D eigenvalue weighted by atomic mass is 10.0. The number of aliphatic hydroxyl groups excluding tert-OH is 1. The van der Waals surface area contributed by atoms with Crippen LogP contribution in [0.4, 0.5) is 0 Å². The van der Waals surface area contributed by atoms with Crippen molar-refractivity contribution < 1.29 is 28.8 Å². The van der Waals surface area contributed by atoms with Crippen LogP contribution in [0, 0.1) is 6.92 Å². The van der Waals surface area contributed by atoms with Crippen molar-refractivity contribution in [3.8, 4) is 0 Å². The lowest BCUT2D eigenvalue weighted by Crippen LogP contribution is -2.40. The molecular weight excluding hydrogens is 357 g/mol. The third kappa shape index (κ3) is 11.4. The molecule has 0 bridgehead atoms. The smallest absolute Gasteiger partial charge is 0.394 e. The lowest BCUT2D eigenvalue weighted by molar-refractivity contribution is -0.122. The summed E-state index contributed by atoms with van der Waals surface area (Å²) in [5.74, 6) is -0.252. The molecule has 0 heterocycles. The van der Waals surface area contributed by atoms with Crippen LogP contribution >= 0.6 is 7.82 Å². The number of phosphoric acid groups is 1. The van der Waals surface area contributed by atoms with Crippen LogP contribution in [0.1, 0.15) is 49.7 Å². The number of unbranched alkanes of at least 4 members (excludes halogenated alkanes) is 4. The van der Waals surface area contributed by atoms with Crippen LogP contribution in [0.2, 0.25) is 0 Å². The molecule has 1 rings (SSSR count). The van der Waals surface area contributed by atoms with Crippen LogP contribution in [0.3, 0.4) is 0 Å². The van der Waals surface area contributed by atoms with Crippen molar-refractivity contribution >= 4 is 13.7 Å². The number of rotatable bonds is 13. The number of benzene rings is 1. The number of carbonyl (C=O) groups excluding carboxylic acids is 1. The van der Waals surface area contributed by atoms with Crippen molar-refractivity contribution in [2.24, 2.45) is 0 Å². The molecule has 0 aliphatic carbocycles. The predicted octanol–water partition coefficient (Wildman–Crippen LogP) is 2.46. The topological polar surface area (TPSA) is 116 Å². The molecule has 0 aliphatic heterocycles. The third-order valence-electron chi connectivity index (χ3n) is 3.98. The molecule has 0 spiro atoms. The zero-order valence-electron chi connectivity index (χ0n) is 15.3. The largest absolute Gasteiger partial charge is 0.469 e. The van der Waals surface area contributed by atoms with Gasteiger partial charge in [0.15, 0.2) is 0 Å². The van der Waals surface area contributed by atoms with E-state index in [1.807, 2.05) is 0 Å². The molecular formula is C18H30NO6P. The van der Waals surface area contributed by atoms with Gasteiger partial charge in [0, 0.05) is 6.42 Å². The van der Waals surface area contributed by atoms with Gasteiger partial charge in [0.1, 0.15) is 0 Å². The molecule has 1 amide bonds. The molecule has 0 fully saturated rings. The highest BCUT2D eigenvalue weighted by molar-refractivity contribution is 7.46. The van der Waals surface area contributed by atoms with Gasteiger partial charge in [-0.05, 0) is 31.7 Å². The zero-order valence-corrected chi connectivity index (χ0v) is 16.2. The quantitative estimate of drug-likeness (QED) is 0.305. The normalized spacial score (nSPS) is 12.8. The molecule has 0 aromatic heterocycles. The van der Waals surface area contributed by atoms with Crippen molar-refractivity contribution in [1.82, 2.24) is 5.32 Å². The zero-order chi connectivity index (χ0) is 19.4. The summed E-state index contributed by atoms with van der Waals surface area (Å²) in [4.78, 5) is 29.0. The molecule has 0 saturated heterocycles. The summed E-state index contributed by atoms with van der Waals surface area (Å²) in [5, 5.41) is 11.6. The fraction of sp³-hybridized carbons (Fsp3) is 0.611. The summed E-state index contributed by atoms with van der Waals surface area (Å²) in [6.45, 7) is 1.23. The highest BCUT2D eigenvalue weighted by atomic mass is 31.2. The summed E-state index contributed by atoms with van der Waals surface area (Å²) >= 11 is 0. The van der Waals surface area contributed by atoms with Crippen molar-refractivity contribution in [1.29, 1.82) is 0 Å². The van der Waals surface area contributed by atoms with Crippen molar-refractivity contribution in [2.75, 3.05) is 13.2 Å². The van der Waals surface area contributed by atoms with E-state index in [2.05, 4.69) is 41.0 Å². The molecule has 7 nitrogen and oxygen atoms in total. The monoisotopic (exact) mass is 387 g/mol. The van der Waals surface area contributed by atoms with E-state index in [0.29, 0.717) is 6.42 Å². The van der Waals surface area contributed by atoms with Gasteiger partial charge in [-0.15, -0.1) is 0 Å². The lowest BCUT2D eigenvalue weighted by Gasteiger charge is -2.16. The van der Waals surface area contributed by atoms with Gasteiger partial charge in [-0.2, -0.15) is 0 Å². The van der Waals surface area contributed by atoms with E-state index < -0.39 is 27.1 Å². The Labute approximate surface area is 155 Å². The minimum Gasteiger partial charge on any atom is -0.394 e. The third-order valence-corrected chi connectivity index (χ3v) is 4.47. The van der Waals surface area contributed by atoms with Crippen LogP contribution in [0.15, 0.2) is 24.3 Å². The number of phosphoric ester groups is 1. The highest BCUT2D eigenvalue weighted by Gasteiger charge is 2.19. The maximum Gasteiger partial charge on any atom is 0.469 e. The Bertz CT molecular complexity index is 589. The first-order chi connectivity index (χ1) is 12.3. The van der Waals surface area contributed by atoms with E-state index in [4.69, 9.17) is 14.9 Å². The molecule has 0 radical (unpaired) electrons. The first-order valence-corrected chi connectivity index (χ1v) is 10.5. The molecule has 1 atom stereocenters. The van der Waals surface area contributed by atoms with Gasteiger partial charge >= 0.3 is 7.82 Å². The second kappa shape index (κ2) is 12.2. The molecule has 8 heteroatoms. The molecule has 4 N–H and O–H groups in total. The number of aliphatic hydroxyl groups is 1. The summed E-state index contributed by atoms with van der Waals surface area (Å²) in [6.07, 6.45) is 6.39. The van der Waals surface area contributed by atoms with Gasteiger partial charge in [-0.25, -0.2) is 4.57 Å². The van der Waals surface area contributed by atoms with E-state index in [1.54, 1.807) is 0 Å². The maximum absolute atomic E-state index is 11.8. The number of nitrogens with one attached hydrogen (secondary N) is 1. The van der Waals surface area contributed by atoms with Crippen LogP contribution in [0.5, 0.6) is 0 Å². The minimum absolute atomic E-state index is 0.252. The van der Waals surface area contributed by atoms with Gasteiger partial charge in [0.25, 0.3) is 0 Å². The SMILES string of the molecule is Cc1cccc(CCCCCCCC(=O)N[C@H](CO)COP(=O)(O)O)c1. The Morgan fingerprint density at radius 3 is 2.54 bits per heavy atom. The Morgan fingerprint density at radius 1 is 1.19 bits per heavy atom. The molecule has 148 valence electrons.